The Kier molecular flexibility index (Phi) is 7.58. The molecule has 1 aromatic heterocycles. The number of nitrogens with zero attached hydrogens (tertiary/aromatic N) is 2. The van der Waals surface area contributed by atoms with Crippen LogP contribution in [0.1, 0.15) is 59.8 Å². The summed E-state index contributed by atoms with van der Waals surface area (Å²) < 4.78 is 5.43. The van der Waals surface area contributed by atoms with Crippen LogP contribution >= 0.6 is 0 Å². The second kappa shape index (κ2) is 11.0. The van der Waals surface area contributed by atoms with Crippen molar-refractivity contribution in [1.82, 2.24) is 10.3 Å². The number of nitrogens with one attached hydrogen (secondary N) is 1. The van der Waals surface area contributed by atoms with Crippen LogP contribution in [0.5, 0.6) is 5.75 Å². The van der Waals surface area contributed by atoms with Crippen LogP contribution in [0.3, 0.4) is 0 Å². The number of pyridine rings is 1. The van der Waals surface area contributed by atoms with E-state index in [1.807, 2.05) is 49.4 Å². The van der Waals surface area contributed by atoms with E-state index >= 15 is 0 Å². The molecule has 1 unspecified atom stereocenters. The van der Waals surface area contributed by atoms with Crippen LogP contribution in [-0.2, 0) is 4.79 Å². The molecular weight excluding hydrogens is 426 g/mol. The number of hydrogen-bond donors (Lipinski definition) is 1. The summed E-state index contributed by atoms with van der Waals surface area (Å²) in [6, 6.07) is 19.4. The lowest BCUT2D eigenvalue weighted by molar-refractivity contribution is -0.123. The highest BCUT2D eigenvalue weighted by Crippen LogP contribution is 2.33. The van der Waals surface area contributed by atoms with Gasteiger partial charge in [0.1, 0.15) is 17.5 Å². The average Bonchev–Trinajstić information content (AvgIpc) is 2.88. The first-order valence-corrected chi connectivity index (χ1v) is 11.8. The van der Waals surface area contributed by atoms with Gasteiger partial charge in [-0.1, -0.05) is 55.7 Å². The molecule has 0 radical (unpaired) electrons. The Labute approximate surface area is 201 Å². The third-order valence-corrected chi connectivity index (χ3v) is 6.38. The minimum absolute atomic E-state index is 0.116. The van der Waals surface area contributed by atoms with Crippen LogP contribution in [0.15, 0.2) is 72.9 Å². The molecular formula is C28H31N3O3. The van der Waals surface area contributed by atoms with Crippen LogP contribution in [0, 0.1) is 6.92 Å². The number of benzene rings is 2. The van der Waals surface area contributed by atoms with E-state index in [4.69, 9.17) is 4.74 Å². The molecule has 0 saturated heterocycles. The molecule has 34 heavy (non-hydrogen) atoms. The number of anilines is 1. The molecule has 1 heterocycles. The lowest BCUT2D eigenvalue weighted by atomic mass is 9.93. The minimum atomic E-state index is -0.857. The molecule has 0 bridgehead atoms. The van der Waals surface area contributed by atoms with E-state index in [0.717, 1.165) is 36.8 Å². The number of ether oxygens (including phenoxy) is 1. The maximum Gasteiger partial charge on any atom is 0.277 e. The number of methoxy groups -OCH3 is 1. The third kappa shape index (κ3) is 5.28. The molecule has 1 saturated carbocycles. The van der Waals surface area contributed by atoms with Crippen molar-refractivity contribution in [2.24, 2.45) is 0 Å². The molecule has 1 aliphatic rings. The largest absolute Gasteiger partial charge is 0.497 e. The highest BCUT2D eigenvalue weighted by atomic mass is 16.5. The second-order valence-corrected chi connectivity index (χ2v) is 8.69. The molecule has 4 rings (SSSR count). The van der Waals surface area contributed by atoms with E-state index in [1.165, 1.54) is 6.42 Å². The quantitative estimate of drug-likeness (QED) is 0.527. The van der Waals surface area contributed by atoms with Crippen molar-refractivity contribution >= 4 is 17.5 Å². The first kappa shape index (κ1) is 23.5. The van der Waals surface area contributed by atoms with E-state index in [-0.39, 0.29) is 23.6 Å². The van der Waals surface area contributed by atoms with Crippen LogP contribution in [0.25, 0.3) is 0 Å². The Morgan fingerprint density at radius 1 is 1.00 bits per heavy atom. The summed E-state index contributed by atoms with van der Waals surface area (Å²) >= 11 is 0. The molecule has 1 atom stereocenters. The van der Waals surface area contributed by atoms with Crippen LogP contribution in [-0.4, -0.2) is 29.9 Å². The molecule has 0 spiro atoms. The van der Waals surface area contributed by atoms with E-state index < -0.39 is 6.04 Å². The van der Waals surface area contributed by atoms with Gasteiger partial charge < -0.3 is 10.1 Å². The second-order valence-electron chi connectivity index (χ2n) is 8.69. The predicted molar refractivity (Wildman–Crippen MR) is 133 cm³/mol. The molecule has 2 amide bonds. The van der Waals surface area contributed by atoms with Gasteiger partial charge in [-0.05, 0) is 55.2 Å². The summed E-state index contributed by atoms with van der Waals surface area (Å²) in [6.07, 6.45) is 6.90. The van der Waals surface area contributed by atoms with Crippen molar-refractivity contribution < 1.29 is 14.3 Å². The van der Waals surface area contributed by atoms with Crippen molar-refractivity contribution in [1.29, 1.82) is 0 Å². The van der Waals surface area contributed by atoms with Gasteiger partial charge in [0.25, 0.3) is 5.91 Å². The van der Waals surface area contributed by atoms with Gasteiger partial charge in [0, 0.05) is 24.0 Å². The molecule has 1 N–H and O–H groups in total. The summed E-state index contributed by atoms with van der Waals surface area (Å²) in [4.78, 5) is 33.7. The Morgan fingerprint density at radius 3 is 2.47 bits per heavy atom. The molecule has 3 aromatic rings. The van der Waals surface area contributed by atoms with Crippen LogP contribution in [0.2, 0.25) is 0 Å². The smallest absolute Gasteiger partial charge is 0.277 e. The van der Waals surface area contributed by atoms with Crippen LogP contribution < -0.4 is 15.0 Å². The van der Waals surface area contributed by atoms with Gasteiger partial charge in [-0.2, -0.15) is 0 Å². The fourth-order valence-corrected chi connectivity index (χ4v) is 4.57. The van der Waals surface area contributed by atoms with Crippen molar-refractivity contribution in [3.8, 4) is 5.75 Å². The van der Waals surface area contributed by atoms with Crippen molar-refractivity contribution in [2.75, 3.05) is 12.0 Å². The van der Waals surface area contributed by atoms with Gasteiger partial charge >= 0.3 is 0 Å². The standard InChI is InChI=1S/C28H31N3O3/c1-20-11-6-7-16-24(20)26(27(32)30-21-12-4-3-5-13-21)31(22-14-10-15-23(19-22)34-2)28(33)25-17-8-9-18-29-25/h6-11,14-19,21,26H,3-5,12-13H2,1-2H3,(H,30,32). The zero-order valence-corrected chi connectivity index (χ0v) is 19.7. The van der Waals surface area contributed by atoms with Crippen molar-refractivity contribution in [3.05, 3.63) is 89.7 Å². The maximum absolute atomic E-state index is 13.9. The van der Waals surface area contributed by atoms with Gasteiger partial charge in [-0.25, -0.2) is 0 Å². The average molecular weight is 458 g/mol. The SMILES string of the molecule is COc1cccc(N(C(=O)c2ccccn2)C(C(=O)NC2CCCCC2)c2ccccc2C)c1. The monoisotopic (exact) mass is 457 g/mol. The fraction of sp³-hybridized carbons (Fsp3) is 0.321. The molecule has 6 heteroatoms. The number of rotatable bonds is 7. The number of hydrogen-bond acceptors (Lipinski definition) is 4. The Hall–Kier alpha value is -3.67. The topological polar surface area (TPSA) is 71.5 Å². The number of aromatic nitrogens is 1. The fourth-order valence-electron chi connectivity index (χ4n) is 4.57. The zero-order chi connectivity index (χ0) is 23.9. The lowest BCUT2D eigenvalue weighted by Gasteiger charge is -2.34. The summed E-state index contributed by atoms with van der Waals surface area (Å²) in [5.74, 6) is 0.0711. The number of amides is 2. The highest BCUT2D eigenvalue weighted by molar-refractivity contribution is 6.09. The normalized spacial score (nSPS) is 14.8. The first-order chi connectivity index (χ1) is 16.6. The van der Waals surface area contributed by atoms with E-state index in [1.54, 1.807) is 42.5 Å². The molecule has 1 fully saturated rings. The molecule has 176 valence electrons. The molecule has 0 aliphatic heterocycles. The number of carbonyl (C=O) groups is 2. The third-order valence-electron chi connectivity index (χ3n) is 6.38. The molecule has 6 nitrogen and oxygen atoms in total. The predicted octanol–water partition coefficient (Wildman–Crippen LogP) is 5.24. The van der Waals surface area contributed by atoms with Gasteiger partial charge in [-0.3, -0.25) is 19.5 Å². The van der Waals surface area contributed by atoms with Gasteiger partial charge in [0.15, 0.2) is 0 Å². The van der Waals surface area contributed by atoms with Crippen molar-refractivity contribution in [2.45, 2.75) is 51.1 Å². The minimum Gasteiger partial charge on any atom is -0.497 e. The first-order valence-electron chi connectivity index (χ1n) is 11.8. The summed E-state index contributed by atoms with van der Waals surface area (Å²) in [5, 5.41) is 3.25. The zero-order valence-electron chi connectivity index (χ0n) is 19.7. The number of aryl methyl sites for hydroxylation is 1. The number of carbonyl (C=O) groups excluding carboxylic acids is 2. The summed E-state index contributed by atoms with van der Waals surface area (Å²) in [7, 11) is 1.58. The van der Waals surface area contributed by atoms with Crippen LogP contribution in [0.4, 0.5) is 5.69 Å². The van der Waals surface area contributed by atoms with Gasteiger partial charge in [0.05, 0.1) is 7.11 Å². The van der Waals surface area contributed by atoms with Gasteiger partial charge in [0.2, 0.25) is 5.91 Å². The maximum atomic E-state index is 13.9. The summed E-state index contributed by atoms with van der Waals surface area (Å²) in [5.41, 5.74) is 2.56. The molecule has 1 aliphatic carbocycles. The van der Waals surface area contributed by atoms with Crippen molar-refractivity contribution in [3.63, 3.8) is 0 Å². The van der Waals surface area contributed by atoms with E-state index in [2.05, 4.69) is 10.3 Å². The Morgan fingerprint density at radius 2 is 1.76 bits per heavy atom. The summed E-state index contributed by atoms with van der Waals surface area (Å²) in [6.45, 7) is 1.96. The van der Waals surface area contributed by atoms with Gasteiger partial charge in [-0.15, -0.1) is 0 Å². The highest BCUT2D eigenvalue weighted by Gasteiger charge is 2.36. The Balaban J connectivity index is 1.83. The Bertz CT molecular complexity index is 1130. The lowest BCUT2D eigenvalue weighted by Crippen LogP contribution is -2.47. The van der Waals surface area contributed by atoms with E-state index in [0.29, 0.717) is 11.4 Å². The van der Waals surface area contributed by atoms with E-state index in [9.17, 15) is 9.59 Å². The molecule has 2 aromatic carbocycles.